The first-order valence-corrected chi connectivity index (χ1v) is 9.80. The van der Waals surface area contributed by atoms with Gasteiger partial charge in [0.15, 0.2) is 5.78 Å². The molecule has 1 heterocycles. The number of benzene rings is 2. The van der Waals surface area contributed by atoms with E-state index in [9.17, 15) is 4.79 Å². The molecule has 1 unspecified atom stereocenters. The van der Waals surface area contributed by atoms with Gasteiger partial charge in [-0.2, -0.15) is 0 Å². The van der Waals surface area contributed by atoms with E-state index in [1.807, 2.05) is 0 Å². The van der Waals surface area contributed by atoms with Crippen LogP contribution in [0.15, 0.2) is 59.9 Å². The van der Waals surface area contributed by atoms with Crippen LogP contribution in [-0.2, 0) is 14.9 Å². The Kier molecular flexibility index (Phi) is 4.33. The summed E-state index contributed by atoms with van der Waals surface area (Å²) in [5.41, 5.74) is 3.29. The minimum atomic E-state index is -0.105. The maximum absolute atomic E-state index is 12.2. The van der Waals surface area contributed by atoms with Gasteiger partial charge in [0.1, 0.15) is 5.76 Å². The summed E-state index contributed by atoms with van der Waals surface area (Å²) in [6.45, 7) is 7.80. The van der Waals surface area contributed by atoms with Gasteiger partial charge in [-0.1, -0.05) is 57.5 Å². The van der Waals surface area contributed by atoms with E-state index in [4.69, 9.17) is 4.74 Å². The molecule has 0 radical (unpaired) electrons. The summed E-state index contributed by atoms with van der Waals surface area (Å²) in [6, 6.07) is 13.2. The number of hydrogen-bond donors (Lipinski definition) is 0. The number of nitrogens with zero attached hydrogens (tertiary/aromatic N) is 1. The van der Waals surface area contributed by atoms with Crippen molar-refractivity contribution in [3.05, 3.63) is 65.4 Å². The van der Waals surface area contributed by atoms with Crippen molar-refractivity contribution in [2.75, 3.05) is 18.6 Å². The lowest BCUT2D eigenvalue weighted by molar-refractivity contribution is -0.112. The summed E-state index contributed by atoms with van der Waals surface area (Å²) in [7, 11) is 1.63. The Morgan fingerprint density at radius 2 is 1.96 bits per heavy atom. The molecule has 3 heteroatoms. The second-order valence-corrected chi connectivity index (χ2v) is 8.05. The molecule has 0 spiro atoms. The summed E-state index contributed by atoms with van der Waals surface area (Å²) in [6.07, 6.45) is 5.98. The van der Waals surface area contributed by atoms with Gasteiger partial charge in [-0.15, -0.1) is 0 Å². The van der Waals surface area contributed by atoms with Crippen LogP contribution >= 0.6 is 0 Å². The highest BCUT2D eigenvalue weighted by Crippen LogP contribution is 2.49. The second kappa shape index (κ2) is 6.56. The smallest absolute Gasteiger partial charge is 0.193 e. The number of rotatable bonds is 5. The van der Waals surface area contributed by atoms with Gasteiger partial charge in [0, 0.05) is 23.7 Å². The number of methoxy groups -OCH3 is 1. The van der Waals surface area contributed by atoms with E-state index in [0.29, 0.717) is 11.3 Å². The lowest BCUT2D eigenvalue weighted by Gasteiger charge is -2.34. The highest BCUT2D eigenvalue weighted by Gasteiger charge is 2.45. The highest BCUT2D eigenvalue weighted by molar-refractivity contribution is 6.15. The van der Waals surface area contributed by atoms with Crippen LogP contribution in [0.2, 0.25) is 0 Å². The van der Waals surface area contributed by atoms with Crippen molar-refractivity contribution in [1.82, 2.24) is 0 Å². The Hall–Kier alpha value is -2.55. The molecular weight excluding hydrogens is 334 g/mol. The van der Waals surface area contributed by atoms with E-state index < -0.39 is 0 Å². The number of allylic oxidation sites excluding steroid dienone is 2. The molecule has 1 atom stereocenters. The average molecular weight is 361 g/mol. The second-order valence-electron chi connectivity index (χ2n) is 8.05. The van der Waals surface area contributed by atoms with Crippen LogP contribution in [0.25, 0.3) is 10.8 Å². The van der Waals surface area contributed by atoms with E-state index in [2.05, 4.69) is 68.1 Å². The first-order chi connectivity index (χ1) is 13.0. The van der Waals surface area contributed by atoms with Crippen molar-refractivity contribution < 1.29 is 9.53 Å². The van der Waals surface area contributed by atoms with Crippen LogP contribution in [0.5, 0.6) is 0 Å². The number of fused-ring (bicyclic) bond motifs is 3. The summed E-state index contributed by atoms with van der Waals surface area (Å²) in [5, 5.41) is 2.58. The number of unbranched alkanes of at least 4 members (excludes halogenated alkanes) is 1. The maximum Gasteiger partial charge on any atom is 0.193 e. The van der Waals surface area contributed by atoms with Gasteiger partial charge in [-0.05, 0) is 34.9 Å². The molecular formula is C24H27NO2. The zero-order chi connectivity index (χ0) is 19.2. The SMILES string of the molecule is CCCCN1c2ccc3ccccc3c2C(C)(C)C1C=C1C(=O)C=C1OC. The van der Waals surface area contributed by atoms with E-state index in [-0.39, 0.29) is 17.2 Å². The van der Waals surface area contributed by atoms with Crippen molar-refractivity contribution >= 4 is 22.2 Å². The fraction of sp³-hybridized carbons (Fsp3) is 0.375. The highest BCUT2D eigenvalue weighted by atomic mass is 16.5. The van der Waals surface area contributed by atoms with Crippen molar-refractivity contribution in [2.45, 2.75) is 45.1 Å². The molecule has 4 rings (SSSR count). The number of ketones is 1. The summed E-state index contributed by atoms with van der Waals surface area (Å²) in [4.78, 5) is 14.6. The molecule has 0 amide bonds. The fourth-order valence-electron chi connectivity index (χ4n) is 4.56. The summed E-state index contributed by atoms with van der Waals surface area (Å²) in [5.74, 6) is 0.769. The molecule has 0 aromatic heterocycles. The Bertz CT molecular complexity index is 968. The van der Waals surface area contributed by atoms with Crippen molar-refractivity contribution in [2.24, 2.45) is 0 Å². The van der Waals surface area contributed by atoms with Crippen LogP contribution < -0.4 is 4.90 Å². The van der Waals surface area contributed by atoms with Crippen molar-refractivity contribution in [3.63, 3.8) is 0 Å². The quantitative estimate of drug-likeness (QED) is 0.690. The van der Waals surface area contributed by atoms with Crippen molar-refractivity contribution in [3.8, 4) is 0 Å². The zero-order valence-corrected chi connectivity index (χ0v) is 16.6. The fourth-order valence-corrected chi connectivity index (χ4v) is 4.56. The molecule has 3 nitrogen and oxygen atoms in total. The average Bonchev–Trinajstić information content (AvgIpc) is 2.88. The van der Waals surface area contributed by atoms with Gasteiger partial charge in [0.2, 0.25) is 0 Å². The normalized spacial score (nSPS) is 22.0. The zero-order valence-electron chi connectivity index (χ0n) is 16.6. The third-order valence-electron chi connectivity index (χ3n) is 6.03. The summed E-state index contributed by atoms with van der Waals surface area (Å²) < 4.78 is 5.36. The molecule has 1 aliphatic carbocycles. The van der Waals surface area contributed by atoms with E-state index >= 15 is 0 Å². The number of ether oxygens (including phenoxy) is 1. The first-order valence-electron chi connectivity index (χ1n) is 9.80. The van der Waals surface area contributed by atoms with E-state index in [1.165, 1.54) is 22.0 Å². The molecule has 0 N–H and O–H groups in total. The molecule has 140 valence electrons. The van der Waals surface area contributed by atoms with Crippen molar-refractivity contribution in [1.29, 1.82) is 0 Å². The van der Waals surface area contributed by atoms with Gasteiger partial charge in [-0.3, -0.25) is 4.79 Å². The Morgan fingerprint density at radius 3 is 2.67 bits per heavy atom. The number of carbonyl (C=O) groups excluding carboxylic acids is 1. The maximum atomic E-state index is 12.2. The standard InChI is InChI=1S/C24H27NO2/c1-5-6-13-25-19-12-11-16-9-7-8-10-17(16)23(19)24(2,3)22(25)14-18-20(26)15-21(18)27-4/h7-12,14-15,22H,5-6,13H2,1-4H3. The Morgan fingerprint density at radius 1 is 1.19 bits per heavy atom. The minimum Gasteiger partial charge on any atom is -0.496 e. The van der Waals surface area contributed by atoms with Crippen LogP contribution in [-0.4, -0.2) is 25.5 Å². The predicted molar refractivity (Wildman–Crippen MR) is 111 cm³/mol. The van der Waals surface area contributed by atoms with Crippen LogP contribution in [0.3, 0.4) is 0 Å². The van der Waals surface area contributed by atoms with Crippen LogP contribution in [0, 0.1) is 0 Å². The van der Waals surface area contributed by atoms with Gasteiger partial charge in [0.05, 0.1) is 18.7 Å². The number of carbonyl (C=O) groups is 1. The third kappa shape index (κ3) is 2.68. The Labute approximate surface area is 161 Å². The lowest BCUT2D eigenvalue weighted by atomic mass is 9.77. The van der Waals surface area contributed by atoms with E-state index in [0.717, 1.165) is 19.4 Å². The number of anilines is 1. The molecule has 2 aromatic rings. The minimum absolute atomic E-state index is 0.0684. The lowest BCUT2D eigenvalue weighted by Crippen LogP contribution is -2.41. The summed E-state index contributed by atoms with van der Waals surface area (Å²) >= 11 is 0. The Balaban J connectivity index is 1.88. The predicted octanol–water partition coefficient (Wildman–Crippen LogP) is 5.15. The third-order valence-corrected chi connectivity index (χ3v) is 6.03. The van der Waals surface area contributed by atoms with Crippen LogP contribution in [0.1, 0.15) is 39.2 Å². The molecule has 0 bridgehead atoms. The molecule has 0 fully saturated rings. The largest absolute Gasteiger partial charge is 0.496 e. The van der Waals surface area contributed by atoms with Crippen LogP contribution in [0.4, 0.5) is 5.69 Å². The van der Waals surface area contributed by atoms with Gasteiger partial charge >= 0.3 is 0 Å². The molecule has 2 aliphatic rings. The molecule has 0 saturated heterocycles. The van der Waals surface area contributed by atoms with Gasteiger partial charge in [0.25, 0.3) is 0 Å². The molecule has 0 saturated carbocycles. The van der Waals surface area contributed by atoms with E-state index in [1.54, 1.807) is 13.2 Å². The topological polar surface area (TPSA) is 29.5 Å². The number of hydrogen-bond acceptors (Lipinski definition) is 3. The monoisotopic (exact) mass is 361 g/mol. The first kappa shape index (κ1) is 17.8. The van der Waals surface area contributed by atoms with Gasteiger partial charge in [-0.25, -0.2) is 0 Å². The molecule has 2 aromatic carbocycles. The van der Waals surface area contributed by atoms with Gasteiger partial charge < -0.3 is 9.64 Å². The molecule has 1 aliphatic heterocycles. The molecule has 27 heavy (non-hydrogen) atoms.